The van der Waals surface area contributed by atoms with Gasteiger partial charge in [-0.25, -0.2) is 13.2 Å². The van der Waals surface area contributed by atoms with Crippen molar-refractivity contribution in [2.75, 3.05) is 5.32 Å². The van der Waals surface area contributed by atoms with Crippen LogP contribution in [0.25, 0.3) is 0 Å². The van der Waals surface area contributed by atoms with Gasteiger partial charge < -0.3 is 10.4 Å². The molecular weight excluding hydrogens is 249 g/mol. The molecule has 0 aliphatic heterocycles. The number of nitrogens with one attached hydrogen (secondary N) is 1. The molecule has 0 saturated carbocycles. The average molecular weight is 255 g/mol. The molecule has 0 atom stereocenters. The number of carbonyl (C=O) groups is 1. The number of halogens is 5. The Morgan fingerprint density at radius 3 is 2.41 bits per heavy atom. The van der Waals surface area contributed by atoms with Crippen LogP contribution in [-0.2, 0) is 4.79 Å². The molecule has 0 aliphatic rings. The second-order valence-electron chi connectivity index (χ2n) is 3.04. The maximum Gasteiger partial charge on any atom is 0.383 e. The fourth-order valence-electron chi connectivity index (χ4n) is 0.898. The molecule has 0 unspecified atom stereocenters. The highest BCUT2D eigenvalue weighted by Gasteiger charge is 2.48. The van der Waals surface area contributed by atoms with Gasteiger partial charge in [-0.15, -0.1) is 0 Å². The summed E-state index contributed by atoms with van der Waals surface area (Å²) in [4.78, 5) is 10.7. The number of hydrogen-bond acceptors (Lipinski definition) is 2. The van der Waals surface area contributed by atoms with Gasteiger partial charge in [0.15, 0.2) is 11.6 Å². The van der Waals surface area contributed by atoms with Gasteiger partial charge >= 0.3 is 18.3 Å². The summed E-state index contributed by atoms with van der Waals surface area (Å²) in [5.74, 6) is -9.06. The highest BCUT2D eigenvalue weighted by atomic mass is 19.3. The zero-order valence-corrected chi connectivity index (χ0v) is 8.05. The first kappa shape index (κ1) is 13.2. The number of aromatic hydroxyl groups is 1. The second-order valence-corrected chi connectivity index (χ2v) is 3.04. The topological polar surface area (TPSA) is 49.3 Å². The van der Waals surface area contributed by atoms with Crippen molar-refractivity contribution in [3.05, 3.63) is 24.0 Å². The van der Waals surface area contributed by atoms with Crippen molar-refractivity contribution >= 4 is 11.6 Å². The molecule has 0 spiro atoms. The van der Waals surface area contributed by atoms with E-state index in [0.29, 0.717) is 6.07 Å². The molecule has 17 heavy (non-hydrogen) atoms. The molecule has 1 aromatic carbocycles. The largest absolute Gasteiger partial charge is 0.505 e. The fourth-order valence-corrected chi connectivity index (χ4v) is 0.898. The van der Waals surface area contributed by atoms with Gasteiger partial charge in [0.2, 0.25) is 0 Å². The van der Waals surface area contributed by atoms with Crippen LogP contribution in [0.4, 0.5) is 27.6 Å². The summed E-state index contributed by atoms with van der Waals surface area (Å²) in [5, 5.41) is 10.2. The van der Waals surface area contributed by atoms with Crippen molar-refractivity contribution in [1.82, 2.24) is 0 Å². The zero-order valence-electron chi connectivity index (χ0n) is 8.05. The van der Waals surface area contributed by atoms with Gasteiger partial charge in [-0.05, 0) is 12.1 Å². The van der Waals surface area contributed by atoms with Crippen molar-refractivity contribution in [3.8, 4) is 5.75 Å². The minimum absolute atomic E-state index is 0.467. The average Bonchev–Trinajstić information content (AvgIpc) is 2.23. The van der Waals surface area contributed by atoms with Crippen molar-refractivity contribution in [2.24, 2.45) is 0 Å². The van der Waals surface area contributed by atoms with E-state index in [1.54, 1.807) is 0 Å². The molecule has 0 aliphatic carbocycles. The lowest BCUT2D eigenvalue weighted by atomic mass is 10.2. The first-order chi connectivity index (χ1) is 7.75. The Morgan fingerprint density at radius 2 is 1.94 bits per heavy atom. The maximum atomic E-state index is 12.7. The molecule has 2 N–H and O–H groups in total. The summed E-state index contributed by atoms with van der Waals surface area (Å²) in [7, 11) is 0. The Balaban J connectivity index is 2.85. The van der Waals surface area contributed by atoms with Crippen LogP contribution in [0.3, 0.4) is 0 Å². The maximum absolute atomic E-state index is 12.7. The first-order valence-electron chi connectivity index (χ1n) is 4.21. The molecule has 1 rings (SSSR count). The van der Waals surface area contributed by atoms with Crippen LogP contribution in [0.2, 0.25) is 0 Å². The normalized spacial score (nSPS) is 11.6. The van der Waals surface area contributed by atoms with Gasteiger partial charge in [-0.3, -0.25) is 4.79 Å². The molecule has 94 valence electrons. The minimum Gasteiger partial charge on any atom is -0.505 e. The van der Waals surface area contributed by atoms with E-state index in [-0.39, 0.29) is 0 Å². The fraction of sp³-hybridized carbons (Fsp3) is 0.222. The van der Waals surface area contributed by atoms with Crippen LogP contribution in [0.1, 0.15) is 0 Å². The summed E-state index contributed by atoms with van der Waals surface area (Å²) in [6.07, 6.45) is -4.16. The van der Waals surface area contributed by atoms with E-state index in [9.17, 15) is 26.7 Å². The number of phenolic OH excluding ortho intramolecular Hbond substituents is 1. The van der Waals surface area contributed by atoms with Gasteiger partial charge in [0, 0.05) is 11.8 Å². The summed E-state index contributed by atoms with van der Waals surface area (Å²) < 4.78 is 61.3. The number of phenols is 1. The highest BCUT2D eigenvalue weighted by molar-refractivity contribution is 5.96. The van der Waals surface area contributed by atoms with E-state index in [0.717, 1.165) is 12.1 Å². The number of rotatable bonds is 3. The van der Waals surface area contributed by atoms with Crippen molar-refractivity contribution < 1.29 is 31.9 Å². The Bertz CT molecular complexity index is 435. The number of anilines is 1. The Hall–Kier alpha value is -1.86. The number of alkyl halides is 4. The van der Waals surface area contributed by atoms with E-state index in [1.165, 1.54) is 5.32 Å². The van der Waals surface area contributed by atoms with Crippen LogP contribution in [0.5, 0.6) is 5.75 Å². The van der Waals surface area contributed by atoms with E-state index >= 15 is 0 Å². The molecule has 0 heterocycles. The number of carbonyl (C=O) groups excluding carboxylic acids is 1. The Morgan fingerprint density at radius 1 is 1.35 bits per heavy atom. The molecule has 3 nitrogen and oxygen atoms in total. The SMILES string of the molecule is O=C(Nc1ccc(O)c(F)c1)C(F)(F)C(F)F. The Kier molecular flexibility index (Phi) is 3.54. The third-order valence-corrected chi connectivity index (χ3v) is 1.78. The molecule has 0 bridgehead atoms. The standard InChI is InChI=1S/C9H6F5NO2/c10-5-3-4(1-2-6(5)16)15-8(17)9(13,14)7(11)12/h1-3,7,16H,(H,15,17). The minimum atomic E-state index is -4.87. The molecule has 0 saturated heterocycles. The van der Waals surface area contributed by atoms with Crippen molar-refractivity contribution in [2.45, 2.75) is 12.3 Å². The lowest BCUT2D eigenvalue weighted by molar-refractivity contribution is -0.163. The third kappa shape index (κ3) is 2.83. The zero-order chi connectivity index (χ0) is 13.2. The quantitative estimate of drug-likeness (QED) is 0.643. The van der Waals surface area contributed by atoms with Crippen LogP contribution >= 0.6 is 0 Å². The second kappa shape index (κ2) is 4.56. The summed E-state index contributed by atoms with van der Waals surface area (Å²) in [5.41, 5.74) is -0.467. The van der Waals surface area contributed by atoms with Gasteiger partial charge in [0.25, 0.3) is 0 Å². The molecular formula is C9H6F5NO2. The number of amides is 1. The van der Waals surface area contributed by atoms with Crippen molar-refractivity contribution in [1.29, 1.82) is 0 Å². The predicted molar refractivity (Wildman–Crippen MR) is 47.6 cm³/mol. The van der Waals surface area contributed by atoms with E-state index in [1.807, 2.05) is 0 Å². The molecule has 0 radical (unpaired) electrons. The lowest BCUT2D eigenvalue weighted by Crippen LogP contribution is -2.40. The third-order valence-electron chi connectivity index (χ3n) is 1.78. The van der Waals surface area contributed by atoms with Gasteiger partial charge in [-0.2, -0.15) is 8.78 Å². The van der Waals surface area contributed by atoms with Crippen LogP contribution < -0.4 is 5.32 Å². The molecule has 1 aromatic rings. The van der Waals surface area contributed by atoms with E-state index < -0.39 is 35.5 Å². The molecule has 0 aromatic heterocycles. The predicted octanol–water partition coefficient (Wildman–Crippen LogP) is 2.37. The summed E-state index contributed by atoms with van der Waals surface area (Å²) >= 11 is 0. The summed E-state index contributed by atoms with van der Waals surface area (Å²) in [6, 6.07) is 2.19. The highest BCUT2D eigenvalue weighted by Crippen LogP contribution is 2.26. The summed E-state index contributed by atoms with van der Waals surface area (Å²) in [6.45, 7) is 0. The lowest BCUT2D eigenvalue weighted by Gasteiger charge is -2.14. The van der Waals surface area contributed by atoms with E-state index in [2.05, 4.69) is 0 Å². The number of benzene rings is 1. The molecule has 8 heteroatoms. The van der Waals surface area contributed by atoms with Crippen LogP contribution in [-0.4, -0.2) is 23.4 Å². The van der Waals surface area contributed by atoms with Crippen LogP contribution in [0.15, 0.2) is 18.2 Å². The molecule has 1 amide bonds. The van der Waals surface area contributed by atoms with Gasteiger partial charge in [0.1, 0.15) is 0 Å². The Labute approximate surface area is 91.9 Å². The van der Waals surface area contributed by atoms with E-state index in [4.69, 9.17) is 5.11 Å². The van der Waals surface area contributed by atoms with Crippen LogP contribution in [0, 0.1) is 5.82 Å². The van der Waals surface area contributed by atoms with Gasteiger partial charge in [-0.1, -0.05) is 0 Å². The molecule has 0 fully saturated rings. The van der Waals surface area contributed by atoms with Crippen molar-refractivity contribution in [3.63, 3.8) is 0 Å². The smallest absolute Gasteiger partial charge is 0.383 e. The first-order valence-corrected chi connectivity index (χ1v) is 4.21. The monoisotopic (exact) mass is 255 g/mol. The van der Waals surface area contributed by atoms with Gasteiger partial charge in [0.05, 0.1) is 0 Å². The number of hydrogen-bond donors (Lipinski definition) is 2.